The molecule has 1 saturated heterocycles. The van der Waals surface area contributed by atoms with Gasteiger partial charge >= 0.3 is 11.8 Å². The van der Waals surface area contributed by atoms with Crippen LogP contribution < -0.4 is 4.74 Å². The predicted octanol–water partition coefficient (Wildman–Crippen LogP) is 5.84. The fraction of sp³-hybridized carbons (Fsp3) is 0.310. The molecule has 2 amide bonds. The van der Waals surface area contributed by atoms with Gasteiger partial charge in [0.25, 0.3) is 0 Å². The Morgan fingerprint density at radius 1 is 1.16 bits per heavy atom. The Labute approximate surface area is 235 Å². The molecule has 38 heavy (non-hydrogen) atoms. The Morgan fingerprint density at radius 3 is 2.63 bits per heavy atom. The van der Waals surface area contributed by atoms with Gasteiger partial charge in [0, 0.05) is 48.2 Å². The lowest BCUT2D eigenvalue weighted by atomic mass is 9.75. The number of likely N-dealkylation sites (tertiary alicyclic amines) is 1. The van der Waals surface area contributed by atoms with Gasteiger partial charge in [-0.25, -0.2) is 4.39 Å². The van der Waals surface area contributed by atoms with E-state index in [1.807, 2.05) is 36.4 Å². The number of likely N-dealkylation sites (N-methyl/N-ethyl adjacent to an activating group) is 1. The molecule has 1 aliphatic heterocycles. The van der Waals surface area contributed by atoms with E-state index in [0.717, 1.165) is 16.5 Å². The third-order valence-electron chi connectivity index (χ3n) is 6.79. The van der Waals surface area contributed by atoms with E-state index in [1.165, 1.54) is 23.1 Å². The highest BCUT2D eigenvalue weighted by Gasteiger charge is 2.39. The summed E-state index contributed by atoms with van der Waals surface area (Å²) in [6, 6.07) is 19.2. The number of carbonyl (C=O) groups is 2. The van der Waals surface area contributed by atoms with Crippen molar-refractivity contribution in [2.75, 3.05) is 26.7 Å². The summed E-state index contributed by atoms with van der Waals surface area (Å²) in [5.41, 5.74) is 1.26. The molecule has 4 rings (SSSR count). The molecule has 0 bridgehead atoms. The molecular formula is C29H29BrClFN2O4. The zero-order chi connectivity index (χ0) is 27.3. The van der Waals surface area contributed by atoms with Gasteiger partial charge in [-0.2, -0.15) is 0 Å². The first-order valence-corrected chi connectivity index (χ1v) is 13.5. The second-order valence-electron chi connectivity index (χ2n) is 9.74. The highest BCUT2D eigenvalue weighted by atomic mass is 79.9. The molecule has 1 atom stereocenters. The van der Waals surface area contributed by atoms with Gasteiger partial charge in [-0.1, -0.05) is 63.9 Å². The van der Waals surface area contributed by atoms with Crippen molar-refractivity contribution < 1.29 is 23.8 Å². The van der Waals surface area contributed by atoms with Crippen LogP contribution in [0.3, 0.4) is 0 Å². The van der Waals surface area contributed by atoms with Crippen LogP contribution in [0.4, 0.5) is 4.39 Å². The lowest BCUT2D eigenvalue weighted by Crippen LogP contribution is -2.52. The number of halogens is 3. The van der Waals surface area contributed by atoms with E-state index in [4.69, 9.17) is 16.3 Å². The molecule has 1 fully saturated rings. The summed E-state index contributed by atoms with van der Waals surface area (Å²) in [6.07, 6.45) is 2.12. The highest BCUT2D eigenvalue weighted by Crippen LogP contribution is 2.34. The average molecular weight is 604 g/mol. The third kappa shape index (κ3) is 6.73. The molecule has 0 radical (unpaired) electrons. The summed E-state index contributed by atoms with van der Waals surface area (Å²) in [5.74, 6) is -1.01. The molecule has 0 aliphatic carbocycles. The second kappa shape index (κ2) is 12.3. The number of hydrogen-bond donors (Lipinski definition) is 1. The number of ether oxygens (including phenoxy) is 1. The standard InChI is InChI=1S/C29H29BrClFN2O4/c1-33(17-21-8-9-22(30)14-26(21)38-23-10-11-25(32)24(31)15-23)27(36)28(37)34-13-5-12-29(18-34,19-35)16-20-6-3-2-4-7-20/h2-4,6-11,14-15,35H,5,12-13,16-19H2,1H3. The zero-order valence-corrected chi connectivity index (χ0v) is 23.3. The van der Waals surface area contributed by atoms with Crippen molar-refractivity contribution in [1.29, 1.82) is 0 Å². The van der Waals surface area contributed by atoms with Gasteiger partial charge in [0.15, 0.2) is 0 Å². The normalized spacial score (nSPS) is 17.2. The lowest BCUT2D eigenvalue weighted by Gasteiger charge is -2.42. The second-order valence-corrected chi connectivity index (χ2v) is 11.1. The maximum atomic E-state index is 13.6. The molecule has 9 heteroatoms. The van der Waals surface area contributed by atoms with Crippen LogP contribution in [0.5, 0.6) is 11.5 Å². The van der Waals surface area contributed by atoms with Gasteiger partial charge < -0.3 is 19.6 Å². The van der Waals surface area contributed by atoms with E-state index in [-0.39, 0.29) is 18.2 Å². The summed E-state index contributed by atoms with van der Waals surface area (Å²) in [4.78, 5) is 29.3. The number of carbonyl (C=O) groups excluding carboxylic acids is 2. The van der Waals surface area contributed by atoms with Crippen LogP contribution >= 0.6 is 27.5 Å². The van der Waals surface area contributed by atoms with Crippen molar-refractivity contribution >= 4 is 39.3 Å². The van der Waals surface area contributed by atoms with Crippen molar-refractivity contribution in [3.63, 3.8) is 0 Å². The average Bonchev–Trinajstić information content (AvgIpc) is 2.92. The molecule has 3 aromatic carbocycles. The summed E-state index contributed by atoms with van der Waals surface area (Å²) in [7, 11) is 1.56. The molecule has 0 aromatic heterocycles. The van der Waals surface area contributed by atoms with Crippen molar-refractivity contribution in [2.45, 2.75) is 25.8 Å². The SMILES string of the molecule is CN(Cc1ccc(Br)cc1Oc1ccc(F)c(Cl)c1)C(=O)C(=O)N1CCCC(CO)(Cc2ccccc2)C1. The van der Waals surface area contributed by atoms with Gasteiger partial charge in [0.1, 0.15) is 17.3 Å². The number of hydrogen-bond acceptors (Lipinski definition) is 4. The minimum absolute atomic E-state index is 0.0651. The Morgan fingerprint density at radius 2 is 1.92 bits per heavy atom. The predicted molar refractivity (Wildman–Crippen MR) is 148 cm³/mol. The largest absolute Gasteiger partial charge is 0.457 e. The van der Waals surface area contributed by atoms with Gasteiger partial charge in [0.05, 0.1) is 11.6 Å². The van der Waals surface area contributed by atoms with Crippen LogP contribution in [0.25, 0.3) is 0 Å². The zero-order valence-electron chi connectivity index (χ0n) is 21.0. The van der Waals surface area contributed by atoms with Gasteiger partial charge in [-0.3, -0.25) is 9.59 Å². The molecule has 1 aliphatic rings. The van der Waals surface area contributed by atoms with Crippen LogP contribution in [0.15, 0.2) is 71.2 Å². The van der Waals surface area contributed by atoms with Crippen LogP contribution in [0.1, 0.15) is 24.0 Å². The smallest absolute Gasteiger partial charge is 0.312 e. The molecule has 200 valence electrons. The van der Waals surface area contributed by atoms with Gasteiger partial charge in [-0.05, 0) is 49.1 Å². The molecular weight excluding hydrogens is 575 g/mol. The van der Waals surface area contributed by atoms with E-state index < -0.39 is 23.0 Å². The van der Waals surface area contributed by atoms with Gasteiger partial charge in [0.2, 0.25) is 0 Å². The highest BCUT2D eigenvalue weighted by molar-refractivity contribution is 9.10. The number of rotatable bonds is 7. The third-order valence-corrected chi connectivity index (χ3v) is 7.57. The number of amides is 2. The van der Waals surface area contributed by atoms with E-state index in [0.29, 0.717) is 43.0 Å². The van der Waals surface area contributed by atoms with Crippen LogP contribution in [-0.2, 0) is 22.6 Å². The quantitative estimate of drug-likeness (QED) is 0.345. The first kappa shape index (κ1) is 28.1. The molecule has 3 aromatic rings. The Bertz CT molecular complexity index is 1310. The fourth-order valence-corrected chi connectivity index (χ4v) is 5.30. The lowest BCUT2D eigenvalue weighted by molar-refractivity contribution is -0.153. The summed E-state index contributed by atoms with van der Waals surface area (Å²) < 4.78 is 20.3. The molecule has 1 heterocycles. The maximum absolute atomic E-state index is 13.6. The minimum atomic E-state index is -0.642. The Hall–Kier alpha value is -2.94. The van der Waals surface area contributed by atoms with Crippen molar-refractivity contribution in [3.05, 3.63) is 93.2 Å². The summed E-state index contributed by atoms with van der Waals surface area (Å²) in [6.45, 7) is 0.829. The molecule has 6 nitrogen and oxygen atoms in total. The maximum Gasteiger partial charge on any atom is 0.312 e. The number of aliphatic hydroxyl groups is 1. The van der Waals surface area contributed by atoms with Gasteiger partial charge in [-0.15, -0.1) is 0 Å². The first-order valence-electron chi connectivity index (χ1n) is 12.3. The topological polar surface area (TPSA) is 70.1 Å². The van der Waals surface area contributed by atoms with Crippen molar-refractivity contribution in [2.24, 2.45) is 5.41 Å². The summed E-state index contributed by atoms with van der Waals surface area (Å²) >= 11 is 9.31. The minimum Gasteiger partial charge on any atom is -0.457 e. The molecule has 1 N–H and O–H groups in total. The number of aliphatic hydroxyl groups excluding tert-OH is 1. The Balaban J connectivity index is 1.46. The van der Waals surface area contributed by atoms with E-state index in [2.05, 4.69) is 15.9 Å². The number of benzene rings is 3. The fourth-order valence-electron chi connectivity index (χ4n) is 4.79. The van der Waals surface area contributed by atoms with Crippen molar-refractivity contribution in [1.82, 2.24) is 9.80 Å². The Kier molecular flexibility index (Phi) is 9.07. The van der Waals surface area contributed by atoms with Crippen LogP contribution in [0, 0.1) is 11.2 Å². The van der Waals surface area contributed by atoms with E-state index >= 15 is 0 Å². The first-order chi connectivity index (χ1) is 18.2. The molecule has 0 saturated carbocycles. The monoisotopic (exact) mass is 602 g/mol. The van der Waals surface area contributed by atoms with E-state index in [1.54, 1.807) is 24.1 Å². The van der Waals surface area contributed by atoms with Crippen molar-refractivity contribution in [3.8, 4) is 11.5 Å². The molecule has 1 unspecified atom stereocenters. The summed E-state index contributed by atoms with van der Waals surface area (Å²) in [5, 5.41) is 10.2. The number of nitrogens with zero attached hydrogens (tertiary/aromatic N) is 2. The molecule has 0 spiro atoms. The van der Waals surface area contributed by atoms with E-state index in [9.17, 15) is 19.1 Å². The van der Waals surface area contributed by atoms with Crippen LogP contribution in [0.2, 0.25) is 5.02 Å². The number of piperidine rings is 1. The van der Waals surface area contributed by atoms with Crippen LogP contribution in [-0.4, -0.2) is 53.5 Å².